The Kier molecular flexibility index (Phi) is 4.25. The zero-order valence-corrected chi connectivity index (χ0v) is 15.7. The molecule has 1 aliphatic heterocycles. The summed E-state index contributed by atoms with van der Waals surface area (Å²) in [5.41, 5.74) is 5.71. The Balaban J connectivity index is 1.40. The number of nitrogens with zero attached hydrogens (tertiary/aromatic N) is 4. The van der Waals surface area contributed by atoms with E-state index in [1.54, 1.807) is 13.3 Å². The molecule has 0 radical (unpaired) electrons. The highest BCUT2D eigenvalue weighted by molar-refractivity contribution is 5.84. The number of aromatic nitrogens is 4. The van der Waals surface area contributed by atoms with E-state index in [0.29, 0.717) is 0 Å². The van der Waals surface area contributed by atoms with E-state index >= 15 is 0 Å². The maximum absolute atomic E-state index is 5.39. The Morgan fingerprint density at radius 2 is 2.18 bits per heavy atom. The fourth-order valence-electron chi connectivity index (χ4n) is 3.78. The summed E-state index contributed by atoms with van der Waals surface area (Å²) in [5.74, 6) is 1.62. The first-order valence-electron chi connectivity index (χ1n) is 9.42. The third-order valence-electron chi connectivity index (χ3n) is 5.31. The monoisotopic (exact) mass is 371 g/mol. The summed E-state index contributed by atoms with van der Waals surface area (Å²) in [7, 11) is 1.70. The third-order valence-corrected chi connectivity index (χ3v) is 5.31. The number of aromatic amines is 1. The van der Waals surface area contributed by atoms with Gasteiger partial charge in [0, 0.05) is 60.9 Å². The molecule has 140 valence electrons. The molecule has 0 saturated carbocycles. The van der Waals surface area contributed by atoms with Crippen molar-refractivity contribution in [2.24, 2.45) is 0 Å². The lowest BCUT2D eigenvalue weighted by Crippen LogP contribution is -2.31. The summed E-state index contributed by atoms with van der Waals surface area (Å²) < 4.78 is 5.39. The number of ether oxygens (including phenoxy) is 1. The average Bonchev–Trinajstić information content (AvgIpc) is 3.15. The Morgan fingerprint density at radius 3 is 3.04 bits per heavy atom. The van der Waals surface area contributed by atoms with Crippen molar-refractivity contribution in [2.75, 3.05) is 13.7 Å². The molecule has 0 aliphatic carbocycles. The quantitative estimate of drug-likeness (QED) is 0.594. The van der Waals surface area contributed by atoms with Crippen LogP contribution in [0.3, 0.4) is 0 Å². The lowest BCUT2D eigenvalue weighted by atomic mass is 10.1. The Bertz CT molecular complexity index is 1120. The third kappa shape index (κ3) is 3.12. The SMILES string of the molecule is COc1ccc2[nH]cc(CN3CCc4cnc(-c5cccnc5)nc4C3)c2c1. The molecule has 0 spiro atoms. The van der Waals surface area contributed by atoms with Crippen LogP contribution in [0.15, 0.2) is 55.1 Å². The maximum atomic E-state index is 5.39. The van der Waals surface area contributed by atoms with Crippen LogP contribution >= 0.6 is 0 Å². The van der Waals surface area contributed by atoms with Gasteiger partial charge in [0.15, 0.2) is 5.82 Å². The van der Waals surface area contributed by atoms with Crippen LogP contribution in [-0.2, 0) is 19.5 Å². The molecule has 0 bridgehead atoms. The molecule has 28 heavy (non-hydrogen) atoms. The van der Waals surface area contributed by atoms with E-state index in [0.717, 1.165) is 54.4 Å². The largest absolute Gasteiger partial charge is 0.497 e. The summed E-state index contributed by atoms with van der Waals surface area (Å²) in [4.78, 5) is 19.3. The highest BCUT2D eigenvalue weighted by Crippen LogP contribution is 2.27. The van der Waals surface area contributed by atoms with Crippen molar-refractivity contribution in [3.63, 3.8) is 0 Å². The second kappa shape index (κ2) is 7.05. The minimum Gasteiger partial charge on any atom is -0.497 e. The molecule has 3 aromatic heterocycles. The van der Waals surface area contributed by atoms with Gasteiger partial charge in [-0.2, -0.15) is 0 Å². The minimum absolute atomic E-state index is 0.741. The van der Waals surface area contributed by atoms with Crippen LogP contribution in [0.2, 0.25) is 0 Å². The van der Waals surface area contributed by atoms with Crippen molar-refractivity contribution < 1.29 is 4.74 Å². The van der Waals surface area contributed by atoms with Gasteiger partial charge in [0.2, 0.25) is 0 Å². The molecule has 0 saturated heterocycles. The number of methoxy groups -OCH3 is 1. The van der Waals surface area contributed by atoms with E-state index in [-0.39, 0.29) is 0 Å². The normalized spacial score (nSPS) is 14.2. The number of H-pyrrole nitrogens is 1. The highest BCUT2D eigenvalue weighted by Gasteiger charge is 2.20. The van der Waals surface area contributed by atoms with Gasteiger partial charge < -0.3 is 9.72 Å². The zero-order valence-electron chi connectivity index (χ0n) is 15.7. The van der Waals surface area contributed by atoms with E-state index in [2.05, 4.69) is 38.2 Å². The first-order valence-corrected chi connectivity index (χ1v) is 9.42. The van der Waals surface area contributed by atoms with Crippen LogP contribution in [-0.4, -0.2) is 38.5 Å². The zero-order chi connectivity index (χ0) is 18.9. The summed E-state index contributed by atoms with van der Waals surface area (Å²) in [6.45, 7) is 2.69. The number of hydrogen-bond donors (Lipinski definition) is 1. The number of nitrogens with one attached hydrogen (secondary N) is 1. The standard InChI is InChI=1S/C22H21N5O/c1-28-18-4-5-20-19(9-18)17(12-24-20)13-27-8-6-15-11-25-22(26-21(15)14-27)16-3-2-7-23-10-16/h2-5,7,9-12,24H,6,8,13-14H2,1H3. The lowest BCUT2D eigenvalue weighted by molar-refractivity contribution is 0.242. The Labute approximate surface area is 163 Å². The van der Waals surface area contributed by atoms with Crippen molar-refractivity contribution in [3.05, 3.63) is 71.9 Å². The number of hydrogen-bond acceptors (Lipinski definition) is 5. The van der Waals surface area contributed by atoms with Crippen molar-refractivity contribution in [2.45, 2.75) is 19.5 Å². The topological polar surface area (TPSA) is 66.9 Å². The van der Waals surface area contributed by atoms with Gasteiger partial charge in [0.1, 0.15) is 5.75 Å². The van der Waals surface area contributed by atoms with Crippen LogP contribution in [0.4, 0.5) is 0 Å². The van der Waals surface area contributed by atoms with Gasteiger partial charge in [0.05, 0.1) is 12.8 Å². The molecule has 0 fully saturated rings. The van der Waals surface area contributed by atoms with Crippen LogP contribution in [0.5, 0.6) is 5.75 Å². The molecule has 4 heterocycles. The van der Waals surface area contributed by atoms with Gasteiger partial charge in [-0.15, -0.1) is 0 Å². The molecule has 0 atom stereocenters. The van der Waals surface area contributed by atoms with E-state index in [9.17, 15) is 0 Å². The second-order valence-corrected chi connectivity index (χ2v) is 7.09. The highest BCUT2D eigenvalue weighted by atomic mass is 16.5. The van der Waals surface area contributed by atoms with Crippen LogP contribution in [0, 0.1) is 0 Å². The molecule has 5 rings (SSSR count). The lowest BCUT2D eigenvalue weighted by Gasteiger charge is -2.27. The molecule has 1 aliphatic rings. The van der Waals surface area contributed by atoms with Gasteiger partial charge in [-0.1, -0.05) is 0 Å². The minimum atomic E-state index is 0.741. The Morgan fingerprint density at radius 1 is 1.21 bits per heavy atom. The van der Waals surface area contributed by atoms with E-state index in [4.69, 9.17) is 9.72 Å². The van der Waals surface area contributed by atoms with Crippen molar-refractivity contribution >= 4 is 10.9 Å². The average molecular weight is 371 g/mol. The predicted octanol–water partition coefficient (Wildman–Crippen LogP) is 3.59. The summed E-state index contributed by atoms with van der Waals surface area (Å²) in [5, 5.41) is 1.21. The molecule has 0 amide bonds. The van der Waals surface area contributed by atoms with Gasteiger partial charge in [-0.25, -0.2) is 9.97 Å². The summed E-state index contributed by atoms with van der Waals surface area (Å²) in [6.07, 6.45) is 8.61. The van der Waals surface area contributed by atoms with Crippen LogP contribution in [0.1, 0.15) is 16.8 Å². The molecular weight excluding hydrogens is 350 g/mol. The maximum Gasteiger partial charge on any atom is 0.160 e. The fraction of sp³-hybridized carbons (Fsp3) is 0.227. The first kappa shape index (κ1) is 16.9. The van der Waals surface area contributed by atoms with Crippen LogP contribution < -0.4 is 4.74 Å². The predicted molar refractivity (Wildman–Crippen MR) is 108 cm³/mol. The second-order valence-electron chi connectivity index (χ2n) is 7.09. The first-order chi connectivity index (χ1) is 13.8. The molecule has 4 aromatic rings. The van der Waals surface area contributed by atoms with Gasteiger partial charge in [-0.3, -0.25) is 9.88 Å². The fourth-order valence-corrected chi connectivity index (χ4v) is 3.78. The van der Waals surface area contributed by atoms with Crippen molar-refractivity contribution in [1.29, 1.82) is 0 Å². The number of benzene rings is 1. The number of pyridine rings is 1. The number of rotatable bonds is 4. The Hall–Kier alpha value is -3.25. The van der Waals surface area contributed by atoms with Crippen LogP contribution in [0.25, 0.3) is 22.3 Å². The molecule has 6 heteroatoms. The van der Waals surface area contributed by atoms with Crippen molar-refractivity contribution in [1.82, 2.24) is 24.8 Å². The molecular formula is C22H21N5O. The van der Waals surface area contributed by atoms with E-state index in [1.807, 2.05) is 30.6 Å². The molecule has 0 unspecified atom stereocenters. The van der Waals surface area contributed by atoms with E-state index < -0.39 is 0 Å². The molecule has 1 N–H and O–H groups in total. The van der Waals surface area contributed by atoms with Crippen molar-refractivity contribution in [3.8, 4) is 17.1 Å². The number of fused-ring (bicyclic) bond motifs is 2. The summed E-state index contributed by atoms with van der Waals surface area (Å²) in [6, 6.07) is 10.1. The van der Waals surface area contributed by atoms with Gasteiger partial charge in [0.25, 0.3) is 0 Å². The molecule has 1 aromatic carbocycles. The summed E-state index contributed by atoms with van der Waals surface area (Å²) >= 11 is 0. The smallest absolute Gasteiger partial charge is 0.160 e. The molecule has 6 nitrogen and oxygen atoms in total. The van der Waals surface area contributed by atoms with Gasteiger partial charge >= 0.3 is 0 Å². The van der Waals surface area contributed by atoms with E-state index in [1.165, 1.54) is 16.5 Å². The van der Waals surface area contributed by atoms with Gasteiger partial charge in [-0.05, 0) is 47.9 Å².